The lowest BCUT2D eigenvalue weighted by molar-refractivity contribution is 0.0755. The second-order valence-corrected chi connectivity index (χ2v) is 11.6. The van der Waals surface area contributed by atoms with Crippen LogP contribution >= 0.6 is 0 Å². The number of nitrogens with zero attached hydrogens (tertiary/aromatic N) is 2. The number of aryl methyl sites for hydroxylation is 1. The largest absolute Gasteiger partial charge is 0.390 e. The van der Waals surface area contributed by atoms with Gasteiger partial charge in [0.25, 0.3) is 11.8 Å². The molecule has 0 fully saturated rings. The lowest BCUT2D eigenvalue weighted by Gasteiger charge is -2.31. The molecule has 0 aliphatic rings. The molecule has 42 heavy (non-hydrogen) atoms. The smallest absolute Gasteiger partial charge is 0.253 e. The molecule has 234 valence electrons. The van der Waals surface area contributed by atoms with Gasteiger partial charge in [-0.3, -0.25) is 14.5 Å². The molecule has 3 N–H and O–H groups in total. The fourth-order valence-electron chi connectivity index (χ4n) is 5.31. The van der Waals surface area contributed by atoms with E-state index in [4.69, 9.17) is 0 Å². The lowest BCUT2D eigenvalue weighted by atomic mass is 9.99. The third-order valence-corrected chi connectivity index (χ3v) is 7.25. The van der Waals surface area contributed by atoms with Crippen LogP contribution in [0.1, 0.15) is 86.2 Å². The van der Waals surface area contributed by atoms with E-state index >= 15 is 0 Å². The molecule has 0 heterocycles. The maximum Gasteiger partial charge on any atom is 0.253 e. The highest BCUT2D eigenvalue weighted by Gasteiger charge is 2.24. The van der Waals surface area contributed by atoms with E-state index in [0.717, 1.165) is 31.0 Å². The van der Waals surface area contributed by atoms with Gasteiger partial charge in [-0.15, -0.1) is 0 Å². The van der Waals surface area contributed by atoms with Crippen LogP contribution in [0.3, 0.4) is 0 Å². The Bertz CT molecular complexity index is 1120. The van der Waals surface area contributed by atoms with Crippen molar-refractivity contribution in [1.82, 2.24) is 20.4 Å². The second-order valence-electron chi connectivity index (χ2n) is 11.6. The predicted octanol–water partition coefficient (Wildman–Crippen LogP) is 4.95. The number of benzene rings is 2. The van der Waals surface area contributed by atoms with Crippen LogP contribution in [-0.4, -0.2) is 83.7 Å². The molecular formula is C33H50F2N4O3. The molecule has 0 aliphatic carbocycles. The summed E-state index contributed by atoms with van der Waals surface area (Å²) in [5.74, 6) is -2.06. The molecule has 0 aromatic heterocycles. The van der Waals surface area contributed by atoms with Gasteiger partial charge in [0, 0.05) is 62.0 Å². The number of aliphatic hydroxyl groups is 1. The second kappa shape index (κ2) is 17.3. The van der Waals surface area contributed by atoms with Gasteiger partial charge in [0.05, 0.1) is 12.1 Å². The summed E-state index contributed by atoms with van der Waals surface area (Å²) in [4.78, 5) is 30.8. The van der Waals surface area contributed by atoms with E-state index in [2.05, 4.69) is 43.2 Å². The molecule has 0 radical (unpaired) electrons. The Morgan fingerprint density at radius 3 is 1.98 bits per heavy atom. The zero-order chi connectivity index (χ0) is 31.4. The van der Waals surface area contributed by atoms with Gasteiger partial charge < -0.3 is 20.6 Å². The highest BCUT2D eigenvalue weighted by atomic mass is 19.1. The fourth-order valence-corrected chi connectivity index (χ4v) is 5.31. The Kier molecular flexibility index (Phi) is 14.5. The van der Waals surface area contributed by atoms with E-state index < -0.39 is 29.7 Å². The van der Waals surface area contributed by atoms with Crippen molar-refractivity contribution in [3.8, 4) is 0 Å². The first-order valence-electron chi connectivity index (χ1n) is 15.2. The highest BCUT2D eigenvalue weighted by molar-refractivity contribution is 6.00. The highest BCUT2D eigenvalue weighted by Crippen LogP contribution is 2.16. The van der Waals surface area contributed by atoms with E-state index in [1.54, 1.807) is 23.1 Å². The summed E-state index contributed by atoms with van der Waals surface area (Å²) in [6.45, 7) is 17.2. The Labute approximate surface area is 250 Å². The summed E-state index contributed by atoms with van der Waals surface area (Å²) >= 11 is 0. The van der Waals surface area contributed by atoms with Gasteiger partial charge in [0.15, 0.2) is 0 Å². The standard InChI is InChI=1S/C33H50F2N4O3/c1-8-11-38(12-9-2)33(42)27-15-24(7)14-26(19-27)32(41)37-30(18-25-16-28(34)20-29(35)17-25)31(40)21-36-10-13-39(22(3)4)23(5)6/h14-17,19-20,22-23,30-31,36,40H,8-13,18,21H2,1-7H3,(H,37,41)/t30-,31+/m0/s1. The summed E-state index contributed by atoms with van der Waals surface area (Å²) in [5, 5.41) is 17.3. The van der Waals surface area contributed by atoms with Crippen molar-refractivity contribution >= 4 is 11.8 Å². The minimum absolute atomic E-state index is 0.0196. The van der Waals surface area contributed by atoms with E-state index in [-0.39, 0.29) is 24.4 Å². The maximum absolute atomic E-state index is 14.0. The van der Waals surface area contributed by atoms with Crippen molar-refractivity contribution in [2.45, 2.75) is 92.0 Å². The average molecular weight is 589 g/mol. The van der Waals surface area contributed by atoms with Crippen molar-refractivity contribution < 1.29 is 23.5 Å². The number of amides is 2. The van der Waals surface area contributed by atoms with Gasteiger partial charge in [0.2, 0.25) is 0 Å². The molecule has 2 rings (SSSR count). The summed E-state index contributed by atoms with van der Waals surface area (Å²) in [6, 6.07) is 8.11. The predicted molar refractivity (Wildman–Crippen MR) is 165 cm³/mol. The van der Waals surface area contributed by atoms with Crippen molar-refractivity contribution in [3.63, 3.8) is 0 Å². The first kappa shape index (κ1) is 35.3. The lowest BCUT2D eigenvalue weighted by Crippen LogP contribution is -2.50. The van der Waals surface area contributed by atoms with Gasteiger partial charge in [-0.1, -0.05) is 13.8 Å². The number of aliphatic hydroxyl groups excluding tert-OH is 1. The Morgan fingerprint density at radius 1 is 0.857 bits per heavy atom. The van der Waals surface area contributed by atoms with Gasteiger partial charge in [0.1, 0.15) is 11.6 Å². The van der Waals surface area contributed by atoms with E-state index in [1.165, 1.54) is 12.1 Å². The number of hydrogen-bond acceptors (Lipinski definition) is 5. The third-order valence-electron chi connectivity index (χ3n) is 7.25. The summed E-state index contributed by atoms with van der Waals surface area (Å²) in [6.07, 6.45) is 0.631. The Morgan fingerprint density at radius 2 is 1.43 bits per heavy atom. The first-order chi connectivity index (χ1) is 19.9. The van der Waals surface area contributed by atoms with Gasteiger partial charge in [-0.2, -0.15) is 0 Å². The van der Waals surface area contributed by atoms with Crippen LogP contribution in [0.4, 0.5) is 8.78 Å². The molecule has 0 spiro atoms. The molecule has 0 saturated carbocycles. The number of rotatable bonds is 17. The SMILES string of the molecule is CCCN(CCC)C(=O)c1cc(C)cc(C(=O)N[C@@H](Cc2cc(F)cc(F)c2)[C@H](O)CNCCN(C(C)C)C(C)C)c1. The van der Waals surface area contributed by atoms with E-state index in [0.29, 0.717) is 42.8 Å². The Hall–Kier alpha value is -2.88. The minimum Gasteiger partial charge on any atom is -0.390 e. The molecule has 2 aromatic carbocycles. The van der Waals surface area contributed by atoms with Crippen molar-refractivity contribution in [3.05, 3.63) is 70.3 Å². The maximum atomic E-state index is 14.0. The van der Waals surface area contributed by atoms with Crippen molar-refractivity contribution in [2.75, 3.05) is 32.7 Å². The zero-order valence-corrected chi connectivity index (χ0v) is 26.3. The molecule has 2 aromatic rings. The summed E-state index contributed by atoms with van der Waals surface area (Å²) in [5.41, 5.74) is 1.78. The summed E-state index contributed by atoms with van der Waals surface area (Å²) < 4.78 is 27.9. The molecule has 2 amide bonds. The first-order valence-corrected chi connectivity index (χ1v) is 15.2. The quantitative estimate of drug-likeness (QED) is 0.228. The van der Waals surface area contributed by atoms with Crippen LogP contribution in [0.15, 0.2) is 36.4 Å². The number of carbonyl (C=O) groups is 2. The number of halogens is 2. The molecule has 0 bridgehead atoms. The van der Waals surface area contributed by atoms with Crippen molar-refractivity contribution in [1.29, 1.82) is 0 Å². The normalized spacial score (nSPS) is 13.1. The van der Waals surface area contributed by atoms with Crippen LogP contribution < -0.4 is 10.6 Å². The van der Waals surface area contributed by atoms with Gasteiger partial charge >= 0.3 is 0 Å². The minimum atomic E-state index is -1.04. The molecular weight excluding hydrogens is 538 g/mol. The molecule has 0 saturated heterocycles. The topological polar surface area (TPSA) is 84.9 Å². The molecule has 2 atom stereocenters. The fraction of sp³-hybridized carbons (Fsp3) is 0.576. The molecule has 0 aliphatic heterocycles. The molecule has 9 heteroatoms. The van der Waals surface area contributed by atoms with Gasteiger partial charge in [-0.25, -0.2) is 8.78 Å². The third kappa shape index (κ3) is 11.1. The number of nitrogens with one attached hydrogen (secondary N) is 2. The Balaban J connectivity index is 2.25. The van der Waals surface area contributed by atoms with Crippen LogP contribution in [0.2, 0.25) is 0 Å². The van der Waals surface area contributed by atoms with Crippen LogP contribution in [0.25, 0.3) is 0 Å². The number of carbonyl (C=O) groups excluding carboxylic acids is 2. The molecule has 0 unspecified atom stereocenters. The van der Waals surface area contributed by atoms with Crippen molar-refractivity contribution in [2.24, 2.45) is 0 Å². The monoisotopic (exact) mass is 588 g/mol. The van der Waals surface area contributed by atoms with Crippen LogP contribution in [0, 0.1) is 18.6 Å². The molecule has 7 nitrogen and oxygen atoms in total. The van der Waals surface area contributed by atoms with E-state index in [1.807, 2.05) is 20.8 Å². The average Bonchev–Trinajstić information content (AvgIpc) is 2.90. The number of hydrogen-bond donors (Lipinski definition) is 3. The van der Waals surface area contributed by atoms with Gasteiger partial charge in [-0.05, 0) is 95.3 Å². The van der Waals surface area contributed by atoms with Crippen LogP contribution in [0.5, 0.6) is 0 Å². The van der Waals surface area contributed by atoms with E-state index in [9.17, 15) is 23.5 Å². The van der Waals surface area contributed by atoms with Crippen LogP contribution in [-0.2, 0) is 6.42 Å². The zero-order valence-electron chi connectivity index (χ0n) is 26.3. The summed E-state index contributed by atoms with van der Waals surface area (Å²) in [7, 11) is 0.